The molecule has 0 amide bonds. The zero-order valence-electron chi connectivity index (χ0n) is 16.3. The Bertz CT molecular complexity index is 844. The number of aromatic nitrogens is 2. The second kappa shape index (κ2) is 8.94. The van der Waals surface area contributed by atoms with Crippen molar-refractivity contribution in [3.63, 3.8) is 0 Å². The maximum absolute atomic E-state index is 13.4. The quantitative estimate of drug-likeness (QED) is 0.691. The van der Waals surface area contributed by atoms with Gasteiger partial charge >= 0.3 is 6.18 Å². The van der Waals surface area contributed by atoms with Gasteiger partial charge in [-0.05, 0) is 43.5 Å². The number of hydrogen-bond acceptors (Lipinski definition) is 4. The average molecular weight is 424 g/mol. The number of nitrogens with zero attached hydrogens (tertiary/aromatic N) is 3. The lowest BCUT2D eigenvalue weighted by Crippen LogP contribution is -2.36. The maximum Gasteiger partial charge on any atom is 0.433 e. The highest BCUT2D eigenvalue weighted by molar-refractivity contribution is 7.80. The molecule has 0 bridgehead atoms. The molecule has 0 unspecified atom stereocenters. The van der Waals surface area contributed by atoms with Gasteiger partial charge in [0.05, 0.1) is 6.04 Å². The molecule has 2 heterocycles. The number of nitrogens with one attached hydrogen (secondary N) is 2. The van der Waals surface area contributed by atoms with E-state index in [0.29, 0.717) is 19.0 Å². The van der Waals surface area contributed by atoms with Gasteiger partial charge in [0.25, 0.3) is 0 Å². The van der Waals surface area contributed by atoms with Crippen molar-refractivity contribution in [2.75, 3.05) is 23.3 Å². The Labute approximate surface area is 173 Å². The number of benzene rings is 1. The second-order valence-corrected chi connectivity index (χ2v) is 7.77. The summed E-state index contributed by atoms with van der Waals surface area (Å²) in [6.07, 6.45) is -2.59. The van der Waals surface area contributed by atoms with Crippen LogP contribution in [-0.2, 0) is 6.18 Å². The number of alkyl halides is 3. The molecule has 0 radical (unpaired) electrons. The van der Waals surface area contributed by atoms with Gasteiger partial charge in [-0.2, -0.15) is 18.2 Å². The third kappa shape index (κ3) is 5.79. The molecule has 2 atom stereocenters. The molecule has 2 aromatic rings. The van der Waals surface area contributed by atoms with E-state index < -0.39 is 11.9 Å². The van der Waals surface area contributed by atoms with Crippen molar-refractivity contribution in [3.8, 4) is 0 Å². The Morgan fingerprint density at radius 2 is 1.97 bits per heavy atom. The van der Waals surface area contributed by atoms with Gasteiger partial charge in [-0.25, -0.2) is 4.98 Å². The van der Waals surface area contributed by atoms with E-state index in [4.69, 9.17) is 12.2 Å². The van der Waals surface area contributed by atoms with Crippen LogP contribution in [0.1, 0.15) is 44.0 Å². The highest BCUT2D eigenvalue weighted by atomic mass is 32.1. The van der Waals surface area contributed by atoms with Crippen molar-refractivity contribution in [1.29, 1.82) is 0 Å². The normalized spacial score (nSPS) is 18.2. The molecular formula is C20H24F3N5S. The van der Waals surface area contributed by atoms with Crippen LogP contribution in [0.4, 0.5) is 24.9 Å². The monoisotopic (exact) mass is 423 g/mol. The molecule has 5 nitrogen and oxygen atoms in total. The lowest BCUT2D eigenvalue weighted by atomic mass is 10.0. The molecule has 1 saturated heterocycles. The van der Waals surface area contributed by atoms with E-state index in [2.05, 4.69) is 27.5 Å². The topological polar surface area (TPSA) is 53.1 Å². The molecule has 2 N–H and O–H groups in total. The predicted octanol–water partition coefficient (Wildman–Crippen LogP) is 4.78. The van der Waals surface area contributed by atoms with Gasteiger partial charge in [0, 0.05) is 19.2 Å². The first-order valence-electron chi connectivity index (χ1n) is 9.56. The molecule has 0 aliphatic carbocycles. The fourth-order valence-electron chi connectivity index (χ4n) is 3.35. The Morgan fingerprint density at radius 1 is 1.24 bits per heavy atom. The van der Waals surface area contributed by atoms with Crippen LogP contribution < -0.4 is 15.5 Å². The second-order valence-electron chi connectivity index (χ2n) is 7.36. The molecule has 1 aliphatic rings. The molecule has 1 aliphatic heterocycles. The first-order chi connectivity index (χ1) is 13.7. The average Bonchev–Trinajstić information content (AvgIpc) is 2.67. The Morgan fingerprint density at radius 3 is 2.62 bits per heavy atom. The number of piperidine rings is 1. The third-order valence-corrected chi connectivity index (χ3v) is 5.08. The van der Waals surface area contributed by atoms with Gasteiger partial charge in [-0.3, -0.25) is 0 Å². The van der Waals surface area contributed by atoms with Crippen LogP contribution in [0.15, 0.2) is 36.4 Å². The van der Waals surface area contributed by atoms with Crippen LogP contribution in [0.25, 0.3) is 0 Å². The van der Waals surface area contributed by atoms with E-state index in [1.165, 1.54) is 0 Å². The standard InChI is InChI=1S/C20H24F3N5S/c1-13-7-6-10-28(12-13)17-11-16(20(21,22)23)25-18(26-17)27-19(29)24-14(2)15-8-4-3-5-9-15/h3-5,8-9,11,13-14H,6-7,10,12H2,1-2H3,(H2,24,25,26,27,29)/t13-,14-/m1/s1. The molecular weight excluding hydrogens is 399 g/mol. The van der Waals surface area contributed by atoms with E-state index in [1.54, 1.807) is 0 Å². The molecule has 9 heteroatoms. The first kappa shape index (κ1) is 21.3. The molecule has 1 aromatic carbocycles. The van der Waals surface area contributed by atoms with Gasteiger partial charge in [0.15, 0.2) is 10.8 Å². The van der Waals surface area contributed by atoms with Crippen LogP contribution in [0.3, 0.4) is 0 Å². The van der Waals surface area contributed by atoms with Crippen molar-refractivity contribution in [2.45, 2.75) is 38.9 Å². The van der Waals surface area contributed by atoms with E-state index in [1.807, 2.05) is 42.2 Å². The summed E-state index contributed by atoms with van der Waals surface area (Å²) in [5.41, 5.74) is 0.0201. The van der Waals surface area contributed by atoms with E-state index in [-0.39, 0.29) is 22.9 Å². The van der Waals surface area contributed by atoms with Crippen molar-refractivity contribution < 1.29 is 13.2 Å². The Balaban J connectivity index is 1.78. The summed E-state index contributed by atoms with van der Waals surface area (Å²) in [5.74, 6) is 0.505. The summed E-state index contributed by atoms with van der Waals surface area (Å²) in [6.45, 7) is 5.34. The van der Waals surface area contributed by atoms with Crippen molar-refractivity contribution in [1.82, 2.24) is 15.3 Å². The number of rotatable bonds is 4. The third-order valence-electron chi connectivity index (χ3n) is 4.86. The number of halogens is 3. The largest absolute Gasteiger partial charge is 0.433 e. The van der Waals surface area contributed by atoms with Crippen LogP contribution in [0.2, 0.25) is 0 Å². The first-order valence-corrected chi connectivity index (χ1v) is 9.97. The zero-order valence-corrected chi connectivity index (χ0v) is 17.1. The van der Waals surface area contributed by atoms with Gasteiger partial charge in [0.2, 0.25) is 5.95 Å². The Hall–Kier alpha value is -2.42. The summed E-state index contributed by atoms with van der Waals surface area (Å²) in [7, 11) is 0. The minimum absolute atomic E-state index is 0.121. The lowest BCUT2D eigenvalue weighted by molar-refractivity contribution is -0.141. The molecule has 0 spiro atoms. The van der Waals surface area contributed by atoms with Crippen molar-refractivity contribution >= 4 is 29.1 Å². The fourth-order valence-corrected chi connectivity index (χ4v) is 3.62. The van der Waals surface area contributed by atoms with Crippen LogP contribution in [0, 0.1) is 5.92 Å². The van der Waals surface area contributed by atoms with Gasteiger partial charge in [0.1, 0.15) is 5.82 Å². The summed E-state index contributed by atoms with van der Waals surface area (Å²) in [5, 5.41) is 5.94. The van der Waals surface area contributed by atoms with Gasteiger partial charge < -0.3 is 15.5 Å². The smallest absolute Gasteiger partial charge is 0.356 e. The fraction of sp³-hybridized carbons (Fsp3) is 0.450. The minimum atomic E-state index is -4.57. The van der Waals surface area contributed by atoms with Crippen molar-refractivity contribution in [3.05, 3.63) is 47.7 Å². The molecule has 0 saturated carbocycles. The summed E-state index contributed by atoms with van der Waals surface area (Å²) in [4.78, 5) is 9.81. The maximum atomic E-state index is 13.4. The highest BCUT2D eigenvalue weighted by Crippen LogP contribution is 2.31. The van der Waals surface area contributed by atoms with E-state index in [0.717, 1.165) is 24.5 Å². The highest BCUT2D eigenvalue weighted by Gasteiger charge is 2.34. The van der Waals surface area contributed by atoms with Gasteiger partial charge in [-0.15, -0.1) is 0 Å². The van der Waals surface area contributed by atoms with Gasteiger partial charge in [-0.1, -0.05) is 37.3 Å². The minimum Gasteiger partial charge on any atom is -0.356 e. The number of anilines is 2. The van der Waals surface area contributed by atoms with E-state index >= 15 is 0 Å². The molecule has 1 fully saturated rings. The van der Waals surface area contributed by atoms with Crippen molar-refractivity contribution in [2.24, 2.45) is 5.92 Å². The van der Waals surface area contributed by atoms with Crippen LogP contribution >= 0.6 is 12.2 Å². The summed E-state index contributed by atoms with van der Waals surface area (Å²) >= 11 is 5.27. The lowest BCUT2D eigenvalue weighted by Gasteiger charge is -2.32. The molecule has 1 aromatic heterocycles. The molecule has 3 rings (SSSR count). The summed E-state index contributed by atoms with van der Waals surface area (Å²) < 4.78 is 40.1. The predicted molar refractivity (Wildman–Crippen MR) is 112 cm³/mol. The SMILES string of the molecule is C[C@@H]1CCCN(c2cc(C(F)(F)F)nc(NC(=S)N[C@H](C)c3ccccc3)n2)C1. The number of thiocarbonyl (C=S) groups is 1. The van der Waals surface area contributed by atoms with Crippen LogP contribution in [-0.4, -0.2) is 28.2 Å². The number of hydrogen-bond donors (Lipinski definition) is 2. The van der Waals surface area contributed by atoms with Crippen LogP contribution in [0.5, 0.6) is 0 Å². The molecule has 156 valence electrons. The zero-order chi connectivity index (χ0) is 21.0. The Kier molecular flexibility index (Phi) is 6.56. The summed E-state index contributed by atoms with van der Waals surface area (Å²) in [6, 6.07) is 10.5. The molecule has 29 heavy (non-hydrogen) atoms. The van der Waals surface area contributed by atoms with E-state index in [9.17, 15) is 13.2 Å².